The Hall–Kier alpha value is -2.05. The van der Waals surface area contributed by atoms with Crippen LogP contribution in [-0.4, -0.2) is 21.0 Å². The standard InChI is InChI=1S/C14H10N2O2S2/c17-13(18)7-10-1-2-12(20-10)11-8-19-14(16-11)9-3-5-15-6-4-9/h1-6,8H,7H2,(H,17,18). The van der Waals surface area contributed by atoms with Crippen LogP contribution in [0, 0.1) is 0 Å². The monoisotopic (exact) mass is 302 g/mol. The number of thiazole rings is 1. The Morgan fingerprint density at radius 2 is 2.00 bits per heavy atom. The molecular weight excluding hydrogens is 292 g/mol. The summed E-state index contributed by atoms with van der Waals surface area (Å²) in [6.07, 6.45) is 3.55. The first-order valence-corrected chi connectivity index (χ1v) is 7.59. The Morgan fingerprint density at radius 3 is 2.75 bits per heavy atom. The molecule has 0 spiro atoms. The van der Waals surface area contributed by atoms with E-state index in [-0.39, 0.29) is 6.42 Å². The first-order valence-electron chi connectivity index (χ1n) is 5.89. The van der Waals surface area contributed by atoms with Gasteiger partial charge < -0.3 is 5.11 Å². The number of nitrogens with zero attached hydrogens (tertiary/aromatic N) is 2. The van der Waals surface area contributed by atoms with Gasteiger partial charge in [-0.1, -0.05) is 0 Å². The van der Waals surface area contributed by atoms with Crippen molar-refractivity contribution in [1.82, 2.24) is 9.97 Å². The van der Waals surface area contributed by atoms with E-state index in [9.17, 15) is 4.79 Å². The first kappa shape index (κ1) is 13.0. The number of thiophene rings is 1. The van der Waals surface area contributed by atoms with Crippen LogP contribution in [0.15, 0.2) is 42.0 Å². The van der Waals surface area contributed by atoms with Crippen molar-refractivity contribution in [3.63, 3.8) is 0 Å². The molecule has 0 bridgehead atoms. The highest BCUT2D eigenvalue weighted by molar-refractivity contribution is 7.16. The smallest absolute Gasteiger partial charge is 0.308 e. The molecule has 4 nitrogen and oxygen atoms in total. The summed E-state index contributed by atoms with van der Waals surface area (Å²) in [5.74, 6) is -0.811. The molecule has 0 amide bonds. The van der Waals surface area contributed by atoms with Gasteiger partial charge in [-0.15, -0.1) is 22.7 Å². The lowest BCUT2D eigenvalue weighted by atomic mass is 10.3. The topological polar surface area (TPSA) is 63.1 Å². The molecule has 0 atom stereocenters. The molecule has 0 saturated carbocycles. The summed E-state index contributed by atoms with van der Waals surface area (Å²) in [6, 6.07) is 7.62. The number of carbonyl (C=O) groups is 1. The van der Waals surface area contributed by atoms with Crippen molar-refractivity contribution in [2.24, 2.45) is 0 Å². The van der Waals surface area contributed by atoms with Gasteiger partial charge in [0.15, 0.2) is 0 Å². The Kier molecular flexibility index (Phi) is 3.58. The maximum atomic E-state index is 10.7. The van der Waals surface area contributed by atoms with Crippen LogP contribution in [0.4, 0.5) is 0 Å². The second kappa shape index (κ2) is 5.52. The Bertz CT molecular complexity index is 734. The van der Waals surface area contributed by atoms with Crippen molar-refractivity contribution in [2.45, 2.75) is 6.42 Å². The Balaban J connectivity index is 1.87. The van der Waals surface area contributed by atoms with E-state index in [1.54, 1.807) is 23.7 Å². The third-order valence-electron chi connectivity index (χ3n) is 2.67. The quantitative estimate of drug-likeness (QED) is 0.800. The summed E-state index contributed by atoms with van der Waals surface area (Å²) in [4.78, 5) is 21.1. The van der Waals surface area contributed by atoms with Gasteiger partial charge in [-0.05, 0) is 24.3 Å². The number of hydrogen-bond donors (Lipinski definition) is 1. The maximum Gasteiger partial charge on any atom is 0.308 e. The van der Waals surface area contributed by atoms with Crippen LogP contribution in [0.3, 0.4) is 0 Å². The van der Waals surface area contributed by atoms with Crippen LogP contribution >= 0.6 is 22.7 Å². The van der Waals surface area contributed by atoms with E-state index in [0.29, 0.717) is 0 Å². The molecule has 1 N–H and O–H groups in total. The molecule has 3 aromatic rings. The summed E-state index contributed by atoms with van der Waals surface area (Å²) < 4.78 is 0. The fraction of sp³-hybridized carbons (Fsp3) is 0.0714. The number of aromatic nitrogens is 2. The molecule has 0 saturated heterocycles. The third-order valence-corrected chi connectivity index (χ3v) is 4.67. The normalized spacial score (nSPS) is 10.6. The van der Waals surface area contributed by atoms with Crippen LogP contribution in [-0.2, 0) is 11.2 Å². The fourth-order valence-corrected chi connectivity index (χ4v) is 3.63. The van der Waals surface area contributed by atoms with Gasteiger partial charge in [0.25, 0.3) is 0 Å². The molecule has 0 fully saturated rings. The number of carboxylic acids is 1. The van der Waals surface area contributed by atoms with Crippen LogP contribution in [0.2, 0.25) is 0 Å². The summed E-state index contributed by atoms with van der Waals surface area (Å²) in [6.45, 7) is 0. The lowest BCUT2D eigenvalue weighted by molar-refractivity contribution is -0.136. The average Bonchev–Trinajstić information content (AvgIpc) is 3.07. The van der Waals surface area contributed by atoms with Gasteiger partial charge in [-0.3, -0.25) is 9.78 Å². The minimum atomic E-state index is -0.811. The minimum Gasteiger partial charge on any atom is -0.481 e. The van der Waals surface area contributed by atoms with Crippen molar-refractivity contribution in [2.75, 3.05) is 0 Å². The predicted molar refractivity (Wildman–Crippen MR) is 80.0 cm³/mol. The Morgan fingerprint density at radius 1 is 1.20 bits per heavy atom. The van der Waals surface area contributed by atoms with Gasteiger partial charge in [0.05, 0.1) is 17.0 Å². The molecule has 0 radical (unpaired) electrons. The van der Waals surface area contributed by atoms with Crippen LogP contribution in [0.1, 0.15) is 4.88 Å². The molecule has 3 heterocycles. The van der Waals surface area contributed by atoms with E-state index < -0.39 is 5.97 Å². The number of carboxylic acid groups (broad SMARTS) is 1. The third kappa shape index (κ3) is 2.76. The average molecular weight is 302 g/mol. The van der Waals surface area contributed by atoms with E-state index in [0.717, 1.165) is 26.0 Å². The lowest BCUT2D eigenvalue weighted by Crippen LogP contribution is -1.96. The van der Waals surface area contributed by atoms with Crippen molar-refractivity contribution >= 4 is 28.6 Å². The second-order valence-electron chi connectivity index (χ2n) is 4.11. The van der Waals surface area contributed by atoms with E-state index in [2.05, 4.69) is 9.97 Å². The lowest BCUT2D eigenvalue weighted by Gasteiger charge is -1.93. The van der Waals surface area contributed by atoms with Gasteiger partial charge in [0.2, 0.25) is 0 Å². The van der Waals surface area contributed by atoms with Gasteiger partial charge in [-0.2, -0.15) is 0 Å². The van der Waals surface area contributed by atoms with E-state index >= 15 is 0 Å². The Labute approximate surface area is 123 Å². The molecule has 0 aliphatic carbocycles. The van der Waals surface area contributed by atoms with Gasteiger partial charge >= 0.3 is 5.97 Å². The highest BCUT2D eigenvalue weighted by atomic mass is 32.1. The number of pyridine rings is 1. The van der Waals surface area contributed by atoms with E-state index in [4.69, 9.17) is 5.11 Å². The molecule has 20 heavy (non-hydrogen) atoms. The maximum absolute atomic E-state index is 10.7. The number of rotatable bonds is 4. The zero-order valence-corrected chi connectivity index (χ0v) is 11.9. The summed E-state index contributed by atoms with van der Waals surface area (Å²) in [7, 11) is 0. The fourth-order valence-electron chi connectivity index (χ4n) is 1.77. The van der Waals surface area contributed by atoms with Crippen LogP contribution in [0.25, 0.3) is 21.1 Å². The molecule has 0 aliphatic rings. The van der Waals surface area contributed by atoms with Gasteiger partial charge in [-0.25, -0.2) is 4.98 Å². The zero-order chi connectivity index (χ0) is 13.9. The van der Waals surface area contributed by atoms with Crippen molar-refractivity contribution in [1.29, 1.82) is 0 Å². The molecule has 0 unspecified atom stereocenters. The molecule has 0 aliphatic heterocycles. The van der Waals surface area contributed by atoms with Crippen molar-refractivity contribution in [3.8, 4) is 21.1 Å². The largest absolute Gasteiger partial charge is 0.481 e. The van der Waals surface area contributed by atoms with Gasteiger partial charge in [0, 0.05) is 28.2 Å². The summed E-state index contributed by atoms with van der Waals surface area (Å²) in [5, 5.41) is 11.7. The zero-order valence-electron chi connectivity index (χ0n) is 10.3. The minimum absolute atomic E-state index is 0.0615. The van der Waals surface area contributed by atoms with Crippen molar-refractivity contribution in [3.05, 3.63) is 46.9 Å². The molecule has 100 valence electrons. The highest BCUT2D eigenvalue weighted by Gasteiger charge is 2.10. The first-order chi connectivity index (χ1) is 9.72. The summed E-state index contributed by atoms with van der Waals surface area (Å²) >= 11 is 3.05. The molecule has 3 aromatic heterocycles. The molecule has 3 rings (SSSR count). The van der Waals surface area contributed by atoms with E-state index in [1.807, 2.05) is 29.6 Å². The van der Waals surface area contributed by atoms with Crippen LogP contribution < -0.4 is 0 Å². The molecule has 6 heteroatoms. The molecular formula is C14H10N2O2S2. The van der Waals surface area contributed by atoms with Gasteiger partial charge in [0.1, 0.15) is 5.01 Å². The number of aliphatic carboxylic acids is 1. The van der Waals surface area contributed by atoms with Crippen LogP contribution in [0.5, 0.6) is 0 Å². The number of hydrogen-bond acceptors (Lipinski definition) is 5. The highest BCUT2D eigenvalue weighted by Crippen LogP contribution is 2.32. The predicted octanol–water partition coefficient (Wildman–Crippen LogP) is 3.56. The van der Waals surface area contributed by atoms with E-state index in [1.165, 1.54) is 11.3 Å². The second-order valence-corrected chi connectivity index (χ2v) is 6.14. The van der Waals surface area contributed by atoms with Crippen molar-refractivity contribution < 1.29 is 9.90 Å². The molecule has 0 aromatic carbocycles. The summed E-state index contributed by atoms with van der Waals surface area (Å²) in [5.41, 5.74) is 1.93. The SMILES string of the molecule is O=C(O)Cc1ccc(-c2csc(-c3ccncc3)n2)s1.